The highest BCUT2D eigenvalue weighted by Gasteiger charge is 2.25. The molecule has 0 aliphatic carbocycles. The van der Waals surface area contributed by atoms with Crippen LogP contribution in [0.4, 0.5) is 0 Å². The Balaban J connectivity index is 1.99. The highest BCUT2D eigenvalue weighted by molar-refractivity contribution is 7.99. The molecule has 0 aliphatic rings. The van der Waals surface area contributed by atoms with Gasteiger partial charge in [-0.25, -0.2) is 0 Å². The van der Waals surface area contributed by atoms with Crippen molar-refractivity contribution < 1.29 is 9.59 Å². The van der Waals surface area contributed by atoms with Crippen molar-refractivity contribution in [1.29, 1.82) is 0 Å². The fourth-order valence-corrected chi connectivity index (χ4v) is 3.82. The minimum atomic E-state index is -0.518. The van der Waals surface area contributed by atoms with Gasteiger partial charge in [-0.3, -0.25) is 9.59 Å². The van der Waals surface area contributed by atoms with Crippen LogP contribution in [0.3, 0.4) is 0 Å². The second kappa shape index (κ2) is 12.6. The first-order valence-corrected chi connectivity index (χ1v) is 11.5. The molecule has 1 N–H and O–H groups in total. The average Bonchev–Trinajstić information content (AvgIpc) is 2.73. The summed E-state index contributed by atoms with van der Waals surface area (Å²) in [5.74, 6) is 0.901. The zero-order chi connectivity index (χ0) is 21.1. The van der Waals surface area contributed by atoms with Gasteiger partial charge in [0.15, 0.2) is 0 Å². The van der Waals surface area contributed by atoms with Gasteiger partial charge in [0.1, 0.15) is 6.04 Å². The molecule has 0 heterocycles. The van der Waals surface area contributed by atoms with Crippen molar-refractivity contribution in [2.24, 2.45) is 0 Å². The molecule has 0 bridgehead atoms. The zero-order valence-electron chi connectivity index (χ0n) is 17.1. The topological polar surface area (TPSA) is 49.4 Å². The molecular weight excluding hydrogens is 404 g/mol. The molecule has 1 unspecified atom stereocenters. The number of unbranched alkanes of at least 4 members (excludes halogenated alkanes) is 1. The van der Waals surface area contributed by atoms with Gasteiger partial charge in [0.25, 0.3) is 0 Å². The number of nitrogens with zero attached hydrogens (tertiary/aromatic N) is 1. The summed E-state index contributed by atoms with van der Waals surface area (Å²) in [6, 6.07) is 16.9. The first-order valence-electron chi connectivity index (χ1n) is 9.94. The van der Waals surface area contributed by atoms with Crippen LogP contribution >= 0.6 is 23.4 Å². The number of thioether (sulfide) groups is 1. The van der Waals surface area contributed by atoms with E-state index in [2.05, 4.69) is 12.2 Å². The number of halogens is 1. The Morgan fingerprint density at radius 2 is 1.76 bits per heavy atom. The smallest absolute Gasteiger partial charge is 0.242 e. The van der Waals surface area contributed by atoms with E-state index < -0.39 is 6.04 Å². The molecule has 2 aromatic rings. The molecule has 0 aliphatic heterocycles. The minimum absolute atomic E-state index is 0.0361. The molecular formula is C23H29ClN2O2S. The Morgan fingerprint density at radius 1 is 1.07 bits per heavy atom. The SMILES string of the molecule is CCCCNC(=O)C(C)N(Cc1ccccc1)C(=O)CSCc1ccc(Cl)cc1. The maximum atomic E-state index is 13.0. The maximum absolute atomic E-state index is 13.0. The van der Waals surface area contributed by atoms with Gasteiger partial charge in [-0.15, -0.1) is 11.8 Å². The van der Waals surface area contributed by atoms with Gasteiger partial charge < -0.3 is 10.2 Å². The first kappa shape index (κ1) is 23.3. The number of rotatable bonds is 11. The molecule has 0 aromatic heterocycles. The summed E-state index contributed by atoms with van der Waals surface area (Å²) >= 11 is 7.46. The molecule has 1 atom stereocenters. The lowest BCUT2D eigenvalue weighted by atomic mass is 10.1. The molecule has 4 nitrogen and oxygen atoms in total. The normalized spacial score (nSPS) is 11.7. The first-order chi connectivity index (χ1) is 14.0. The standard InChI is InChI=1S/C23H29ClN2O2S/c1-3-4-14-25-23(28)18(2)26(15-19-8-6-5-7-9-19)22(27)17-29-16-20-10-12-21(24)13-11-20/h5-13,18H,3-4,14-17H2,1-2H3,(H,25,28). The molecule has 2 aromatic carbocycles. The molecule has 2 rings (SSSR count). The number of nitrogens with one attached hydrogen (secondary N) is 1. The second-order valence-electron chi connectivity index (χ2n) is 6.95. The molecule has 156 valence electrons. The molecule has 0 saturated carbocycles. The maximum Gasteiger partial charge on any atom is 0.242 e. The number of carbonyl (C=O) groups is 2. The lowest BCUT2D eigenvalue weighted by Crippen LogP contribution is -2.48. The Hall–Kier alpha value is -1.98. The van der Waals surface area contributed by atoms with E-state index in [-0.39, 0.29) is 11.8 Å². The fourth-order valence-electron chi connectivity index (χ4n) is 2.82. The molecule has 2 amide bonds. The van der Waals surface area contributed by atoms with Crippen molar-refractivity contribution in [2.45, 2.75) is 45.0 Å². The number of hydrogen-bond acceptors (Lipinski definition) is 3. The van der Waals surface area contributed by atoms with Gasteiger partial charge in [0, 0.05) is 23.9 Å². The van der Waals surface area contributed by atoms with E-state index in [1.54, 1.807) is 23.6 Å². The number of benzene rings is 2. The summed E-state index contributed by atoms with van der Waals surface area (Å²) < 4.78 is 0. The highest BCUT2D eigenvalue weighted by atomic mass is 35.5. The van der Waals surface area contributed by atoms with Crippen LogP contribution in [0.25, 0.3) is 0 Å². The van der Waals surface area contributed by atoms with Gasteiger partial charge in [0.2, 0.25) is 11.8 Å². The lowest BCUT2D eigenvalue weighted by Gasteiger charge is -2.28. The van der Waals surface area contributed by atoms with E-state index in [0.29, 0.717) is 23.9 Å². The van der Waals surface area contributed by atoms with Gasteiger partial charge in [0.05, 0.1) is 5.75 Å². The summed E-state index contributed by atoms with van der Waals surface area (Å²) in [5.41, 5.74) is 2.13. The zero-order valence-corrected chi connectivity index (χ0v) is 18.6. The number of hydrogen-bond donors (Lipinski definition) is 1. The van der Waals surface area contributed by atoms with E-state index in [0.717, 1.165) is 29.7 Å². The third-order valence-electron chi connectivity index (χ3n) is 4.60. The molecule has 6 heteroatoms. The predicted molar refractivity (Wildman–Crippen MR) is 122 cm³/mol. The Labute approximate surface area is 183 Å². The second-order valence-corrected chi connectivity index (χ2v) is 8.37. The summed E-state index contributed by atoms with van der Waals surface area (Å²) in [5, 5.41) is 3.64. The molecule has 0 saturated heterocycles. The fraction of sp³-hybridized carbons (Fsp3) is 0.391. The van der Waals surface area contributed by atoms with Crippen LogP contribution in [0.2, 0.25) is 5.02 Å². The van der Waals surface area contributed by atoms with Gasteiger partial charge >= 0.3 is 0 Å². The van der Waals surface area contributed by atoms with E-state index >= 15 is 0 Å². The molecule has 0 fully saturated rings. The van der Waals surface area contributed by atoms with Crippen molar-refractivity contribution in [3.8, 4) is 0 Å². The summed E-state index contributed by atoms with van der Waals surface area (Å²) in [6.45, 7) is 4.94. The van der Waals surface area contributed by atoms with E-state index in [1.165, 1.54) is 0 Å². The van der Waals surface area contributed by atoms with Crippen LogP contribution in [-0.4, -0.2) is 35.1 Å². The monoisotopic (exact) mass is 432 g/mol. The van der Waals surface area contributed by atoms with Crippen LogP contribution in [0.15, 0.2) is 54.6 Å². The lowest BCUT2D eigenvalue weighted by molar-refractivity contribution is -0.138. The largest absolute Gasteiger partial charge is 0.354 e. The van der Waals surface area contributed by atoms with E-state index in [9.17, 15) is 9.59 Å². The van der Waals surface area contributed by atoms with Crippen molar-refractivity contribution in [1.82, 2.24) is 10.2 Å². The molecule has 0 radical (unpaired) electrons. The number of carbonyl (C=O) groups excluding carboxylic acids is 2. The van der Waals surface area contributed by atoms with Crippen LogP contribution < -0.4 is 5.32 Å². The highest BCUT2D eigenvalue weighted by Crippen LogP contribution is 2.17. The van der Waals surface area contributed by atoms with Crippen molar-refractivity contribution in [3.63, 3.8) is 0 Å². The Bertz CT molecular complexity index is 768. The summed E-state index contributed by atoms with van der Waals surface area (Å²) in [7, 11) is 0. The van der Waals surface area contributed by atoms with Gasteiger partial charge in [-0.1, -0.05) is 67.4 Å². The minimum Gasteiger partial charge on any atom is -0.354 e. The third-order valence-corrected chi connectivity index (χ3v) is 5.84. The van der Waals surface area contributed by atoms with Crippen LogP contribution in [-0.2, 0) is 21.9 Å². The third kappa shape index (κ3) is 8.11. The summed E-state index contributed by atoms with van der Waals surface area (Å²) in [4.78, 5) is 27.2. The molecule has 29 heavy (non-hydrogen) atoms. The van der Waals surface area contributed by atoms with E-state index in [1.807, 2.05) is 54.6 Å². The van der Waals surface area contributed by atoms with Crippen LogP contribution in [0.5, 0.6) is 0 Å². The van der Waals surface area contributed by atoms with Crippen LogP contribution in [0.1, 0.15) is 37.8 Å². The van der Waals surface area contributed by atoms with Crippen molar-refractivity contribution in [3.05, 3.63) is 70.7 Å². The average molecular weight is 433 g/mol. The van der Waals surface area contributed by atoms with Crippen molar-refractivity contribution >= 4 is 35.2 Å². The van der Waals surface area contributed by atoms with E-state index in [4.69, 9.17) is 11.6 Å². The Morgan fingerprint density at radius 3 is 2.41 bits per heavy atom. The Kier molecular flexibility index (Phi) is 10.1. The predicted octanol–water partition coefficient (Wildman–Crippen LogP) is 4.91. The van der Waals surface area contributed by atoms with Crippen LogP contribution in [0, 0.1) is 0 Å². The molecule has 0 spiro atoms. The van der Waals surface area contributed by atoms with Gasteiger partial charge in [-0.2, -0.15) is 0 Å². The number of amides is 2. The van der Waals surface area contributed by atoms with Crippen molar-refractivity contribution in [2.75, 3.05) is 12.3 Å². The van der Waals surface area contributed by atoms with Gasteiger partial charge in [-0.05, 0) is 36.6 Å². The quantitative estimate of drug-likeness (QED) is 0.513. The summed E-state index contributed by atoms with van der Waals surface area (Å²) in [6.07, 6.45) is 1.95.